The number of carbonyl (C=O) groups is 2. The lowest BCUT2D eigenvalue weighted by atomic mass is 10.0. The van der Waals surface area contributed by atoms with Crippen molar-refractivity contribution in [3.05, 3.63) is 0 Å². The van der Waals surface area contributed by atoms with Crippen LogP contribution in [0.5, 0.6) is 0 Å². The number of nitrogens with zero attached hydrogens (tertiary/aromatic N) is 2. The van der Waals surface area contributed by atoms with Crippen molar-refractivity contribution in [2.24, 2.45) is 0 Å². The quantitative estimate of drug-likeness (QED) is 0.822. The summed E-state index contributed by atoms with van der Waals surface area (Å²) in [5, 5.41) is 12.4. The van der Waals surface area contributed by atoms with Crippen LogP contribution in [0.1, 0.15) is 45.4 Å². The Kier molecular flexibility index (Phi) is 3.82. The molecule has 2 heterocycles. The molecular weight excluding hydrogens is 270 g/mol. The third kappa shape index (κ3) is 3.15. The average molecular weight is 295 g/mol. The van der Waals surface area contributed by atoms with Crippen LogP contribution < -0.4 is 5.32 Å². The second kappa shape index (κ2) is 5.48. The first-order valence-corrected chi connectivity index (χ1v) is 8.04. The van der Waals surface area contributed by atoms with Gasteiger partial charge in [-0.25, -0.2) is 4.79 Å². The number of likely N-dealkylation sites (tertiary alicyclic amines) is 2. The van der Waals surface area contributed by atoms with Gasteiger partial charge in [0.25, 0.3) is 0 Å². The van der Waals surface area contributed by atoms with E-state index < -0.39 is 5.97 Å². The highest BCUT2D eigenvalue weighted by Gasteiger charge is 2.41. The average Bonchev–Trinajstić information content (AvgIpc) is 3.00. The molecule has 0 spiro atoms. The molecule has 3 fully saturated rings. The van der Waals surface area contributed by atoms with Crippen molar-refractivity contribution in [2.45, 2.75) is 63.1 Å². The number of carbonyl (C=O) groups excluding carboxylic acids is 1. The normalized spacial score (nSPS) is 29.4. The van der Waals surface area contributed by atoms with Crippen LogP contribution in [0.25, 0.3) is 0 Å². The van der Waals surface area contributed by atoms with Gasteiger partial charge in [0.2, 0.25) is 0 Å². The van der Waals surface area contributed by atoms with Gasteiger partial charge in [-0.1, -0.05) is 0 Å². The molecular formula is C15H25N3O3. The van der Waals surface area contributed by atoms with E-state index >= 15 is 0 Å². The summed E-state index contributed by atoms with van der Waals surface area (Å²) >= 11 is 0. The summed E-state index contributed by atoms with van der Waals surface area (Å²) in [6.07, 6.45) is 5.64. The maximum absolute atomic E-state index is 12.2. The summed E-state index contributed by atoms with van der Waals surface area (Å²) < 4.78 is 0. The molecule has 0 aromatic heterocycles. The van der Waals surface area contributed by atoms with Crippen molar-refractivity contribution in [3.63, 3.8) is 0 Å². The van der Waals surface area contributed by atoms with Crippen molar-refractivity contribution in [1.82, 2.24) is 15.1 Å². The minimum absolute atomic E-state index is 0.0251. The molecule has 1 saturated carbocycles. The van der Waals surface area contributed by atoms with Crippen LogP contribution in [0.4, 0.5) is 4.79 Å². The minimum atomic E-state index is -0.700. The number of urea groups is 1. The van der Waals surface area contributed by atoms with Gasteiger partial charge in [0.1, 0.15) is 6.04 Å². The predicted molar refractivity (Wildman–Crippen MR) is 78.1 cm³/mol. The van der Waals surface area contributed by atoms with E-state index in [0.717, 1.165) is 58.2 Å². The standard InChI is InChI=1S/C15H25N3O3/c1-15(6-7-15)16-14(21)17-9-4-11(5-10-17)18-8-2-3-12(18)13(19)20/h11-12H,2-10H2,1H3,(H,16,21)(H,19,20). The summed E-state index contributed by atoms with van der Waals surface area (Å²) in [6.45, 7) is 4.43. The topological polar surface area (TPSA) is 72.9 Å². The van der Waals surface area contributed by atoms with Crippen LogP contribution in [0, 0.1) is 0 Å². The Morgan fingerprint density at radius 3 is 2.38 bits per heavy atom. The Morgan fingerprint density at radius 1 is 1.14 bits per heavy atom. The molecule has 1 unspecified atom stereocenters. The Labute approximate surface area is 125 Å². The molecule has 0 aromatic carbocycles. The number of rotatable bonds is 3. The summed E-state index contributed by atoms with van der Waals surface area (Å²) in [5.41, 5.74) is 0.0251. The molecule has 21 heavy (non-hydrogen) atoms. The lowest BCUT2D eigenvalue weighted by molar-refractivity contribution is -0.143. The van der Waals surface area contributed by atoms with Gasteiger partial charge in [0.15, 0.2) is 0 Å². The van der Waals surface area contributed by atoms with Crippen LogP contribution in [0.2, 0.25) is 0 Å². The van der Waals surface area contributed by atoms with Crippen LogP contribution in [-0.4, -0.2) is 64.2 Å². The first-order valence-electron chi connectivity index (χ1n) is 8.04. The number of carboxylic acids is 1. The fourth-order valence-electron chi connectivity index (χ4n) is 3.54. The highest BCUT2D eigenvalue weighted by atomic mass is 16.4. The third-order valence-electron chi connectivity index (χ3n) is 5.21. The molecule has 3 aliphatic rings. The van der Waals surface area contributed by atoms with Crippen molar-refractivity contribution < 1.29 is 14.7 Å². The Hall–Kier alpha value is -1.30. The molecule has 0 bridgehead atoms. The van der Waals surface area contributed by atoms with E-state index in [9.17, 15) is 14.7 Å². The summed E-state index contributed by atoms with van der Waals surface area (Å²) in [5.74, 6) is -0.700. The largest absolute Gasteiger partial charge is 0.480 e. The smallest absolute Gasteiger partial charge is 0.320 e. The number of hydrogen-bond acceptors (Lipinski definition) is 3. The highest BCUT2D eigenvalue weighted by Crippen LogP contribution is 2.34. The van der Waals surface area contributed by atoms with Gasteiger partial charge in [0, 0.05) is 24.7 Å². The van der Waals surface area contributed by atoms with E-state index in [1.165, 1.54) is 0 Å². The first kappa shape index (κ1) is 14.6. The molecule has 2 amide bonds. The second-order valence-electron chi connectivity index (χ2n) is 6.94. The van der Waals surface area contributed by atoms with Gasteiger partial charge in [0.05, 0.1) is 0 Å². The Morgan fingerprint density at radius 2 is 1.81 bits per heavy atom. The molecule has 3 rings (SSSR count). The lowest BCUT2D eigenvalue weighted by Crippen LogP contribution is -2.53. The van der Waals surface area contributed by atoms with Crippen LogP contribution in [-0.2, 0) is 4.79 Å². The number of nitrogens with one attached hydrogen (secondary N) is 1. The van der Waals surface area contributed by atoms with Crippen LogP contribution in [0.3, 0.4) is 0 Å². The summed E-state index contributed by atoms with van der Waals surface area (Å²) in [7, 11) is 0. The fourth-order valence-corrected chi connectivity index (χ4v) is 3.54. The molecule has 0 radical (unpaired) electrons. The predicted octanol–water partition coefficient (Wildman–Crippen LogP) is 1.26. The number of aliphatic carboxylic acids is 1. The number of piperidine rings is 1. The van der Waals surface area contributed by atoms with Crippen molar-refractivity contribution in [3.8, 4) is 0 Å². The summed E-state index contributed by atoms with van der Waals surface area (Å²) in [6, 6.07) is 0.0413. The van der Waals surface area contributed by atoms with Gasteiger partial charge in [-0.05, 0) is 52.0 Å². The second-order valence-corrected chi connectivity index (χ2v) is 6.94. The van der Waals surface area contributed by atoms with Gasteiger partial charge in [-0.3, -0.25) is 9.69 Å². The Bertz CT molecular complexity index is 428. The fraction of sp³-hybridized carbons (Fsp3) is 0.867. The lowest BCUT2D eigenvalue weighted by Gasteiger charge is -2.38. The zero-order valence-electron chi connectivity index (χ0n) is 12.7. The zero-order chi connectivity index (χ0) is 15.0. The van der Waals surface area contributed by atoms with Crippen LogP contribution >= 0.6 is 0 Å². The monoisotopic (exact) mass is 295 g/mol. The van der Waals surface area contributed by atoms with Crippen LogP contribution in [0.15, 0.2) is 0 Å². The SMILES string of the molecule is CC1(NC(=O)N2CCC(N3CCCC3C(=O)O)CC2)CC1. The van der Waals surface area contributed by atoms with E-state index in [2.05, 4.69) is 17.1 Å². The maximum atomic E-state index is 12.2. The van der Waals surface area contributed by atoms with Gasteiger partial charge in [-0.2, -0.15) is 0 Å². The molecule has 2 aliphatic heterocycles. The number of hydrogen-bond donors (Lipinski definition) is 2. The van der Waals surface area contributed by atoms with E-state index in [1.54, 1.807) is 0 Å². The van der Waals surface area contributed by atoms with E-state index in [-0.39, 0.29) is 17.6 Å². The Balaban J connectivity index is 1.50. The molecule has 0 aromatic rings. The van der Waals surface area contributed by atoms with E-state index in [1.807, 2.05) is 4.90 Å². The summed E-state index contributed by atoms with van der Waals surface area (Å²) in [4.78, 5) is 27.5. The van der Waals surface area contributed by atoms with Crippen molar-refractivity contribution in [1.29, 1.82) is 0 Å². The highest BCUT2D eigenvalue weighted by molar-refractivity contribution is 5.75. The molecule has 1 atom stereocenters. The molecule has 2 N–H and O–H groups in total. The molecule has 118 valence electrons. The number of amides is 2. The number of carboxylic acid groups (broad SMARTS) is 1. The van der Waals surface area contributed by atoms with E-state index in [0.29, 0.717) is 6.04 Å². The van der Waals surface area contributed by atoms with Gasteiger partial charge >= 0.3 is 12.0 Å². The van der Waals surface area contributed by atoms with Crippen molar-refractivity contribution in [2.75, 3.05) is 19.6 Å². The molecule has 6 nitrogen and oxygen atoms in total. The molecule has 6 heteroatoms. The van der Waals surface area contributed by atoms with Crippen molar-refractivity contribution >= 4 is 12.0 Å². The van der Waals surface area contributed by atoms with E-state index in [4.69, 9.17) is 0 Å². The minimum Gasteiger partial charge on any atom is -0.480 e. The molecule has 2 saturated heterocycles. The first-order chi connectivity index (χ1) is 9.98. The maximum Gasteiger partial charge on any atom is 0.320 e. The third-order valence-corrected chi connectivity index (χ3v) is 5.21. The van der Waals surface area contributed by atoms with Gasteiger partial charge in [-0.15, -0.1) is 0 Å². The van der Waals surface area contributed by atoms with Gasteiger partial charge < -0.3 is 15.3 Å². The zero-order valence-corrected chi connectivity index (χ0v) is 12.7. The molecule has 1 aliphatic carbocycles.